The molecule has 1 fully saturated rings. The van der Waals surface area contributed by atoms with Crippen LogP contribution in [0.15, 0.2) is 42.7 Å². The van der Waals surface area contributed by atoms with Gasteiger partial charge < -0.3 is 9.80 Å². The zero-order valence-corrected chi connectivity index (χ0v) is 17.6. The second kappa shape index (κ2) is 9.17. The fourth-order valence-electron chi connectivity index (χ4n) is 3.78. The number of amides is 1. The number of likely N-dealkylation sites (N-methyl/N-ethyl adjacent to an activating group) is 1. The third kappa shape index (κ3) is 4.41. The number of carbonyl (C=O) groups excluding carboxylic acids is 1. The van der Waals surface area contributed by atoms with E-state index in [-0.39, 0.29) is 5.91 Å². The molecule has 0 radical (unpaired) electrons. The fraction of sp³-hybridized carbons (Fsp3) is 0.391. The van der Waals surface area contributed by atoms with Crippen LogP contribution >= 0.6 is 0 Å². The number of nitrogens with one attached hydrogen (secondary N) is 1. The van der Waals surface area contributed by atoms with Gasteiger partial charge in [0.05, 0.1) is 5.69 Å². The zero-order chi connectivity index (χ0) is 20.9. The maximum absolute atomic E-state index is 11.8. The Morgan fingerprint density at radius 3 is 2.50 bits per heavy atom. The molecule has 3 aromatic rings. The molecule has 1 aromatic carbocycles. The molecule has 0 aliphatic carbocycles. The van der Waals surface area contributed by atoms with Crippen LogP contribution in [-0.4, -0.2) is 58.5 Å². The van der Waals surface area contributed by atoms with Crippen LogP contribution in [0.4, 0.5) is 11.8 Å². The number of hydrogen-bond donors (Lipinski definition) is 1. The Balaban J connectivity index is 1.64. The summed E-state index contributed by atoms with van der Waals surface area (Å²) in [6.07, 6.45) is 4.71. The highest BCUT2D eigenvalue weighted by molar-refractivity contribution is 5.95. The molecule has 0 unspecified atom stereocenters. The second-order valence-electron chi connectivity index (χ2n) is 7.57. The molecule has 2 aromatic heterocycles. The van der Waals surface area contributed by atoms with Gasteiger partial charge in [-0.3, -0.25) is 10.1 Å². The Bertz CT molecular complexity index is 1010. The lowest BCUT2D eigenvalue weighted by atomic mass is 10.1. The number of anilines is 2. The molecule has 3 heterocycles. The van der Waals surface area contributed by atoms with Gasteiger partial charge in [-0.15, -0.1) is 0 Å². The van der Waals surface area contributed by atoms with E-state index in [0.29, 0.717) is 12.4 Å². The molecule has 30 heavy (non-hydrogen) atoms. The number of pyridine rings is 1. The predicted octanol–water partition coefficient (Wildman–Crippen LogP) is 3.57. The smallest absolute Gasteiger partial charge is 0.229 e. The van der Waals surface area contributed by atoms with Crippen molar-refractivity contribution in [3.8, 4) is 11.3 Å². The van der Waals surface area contributed by atoms with Crippen LogP contribution in [0.3, 0.4) is 0 Å². The quantitative estimate of drug-likeness (QED) is 0.677. The summed E-state index contributed by atoms with van der Waals surface area (Å²) in [5, 5.41) is 5.04. The summed E-state index contributed by atoms with van der Waals surface area (Å²) in [4.78, 5) is 30.2. The third-order valence-electron chi connectivity index (χ3n) is 5.52. The molecule has 1 saturated heterocycles. The van der Waals surface area contributed by atoms with Crippen LogP contribution in [0.2, 0.25) is 0 Å². The molecular formula is C23H28N6O. The van der Waals surface area contributed by atoms with Gasteiger partial charge in [-0.05, 0) is 24.4 Å². The maximum atomic E-state index is 11.8. The monoisotopic (exact) mass is 404 g/mol. The first-order chi connectivity index (χ1) is 14.7. The Hall–Kier alpha value is -3.06. The minimum atomic E-state index is -0.0670. The highest BCUT2D eigenvalue weighted by atomic mass is 16.1. The Kier molecular flexibility index (Phi) is 6.18. The maximum Gasteiger partial charge on any atom is 0.229 e. The molecule has 4 rings (SSSR count). The van der Waals surface area contributed by atoms with Crippen LogP contribution in [0.25, 0.3) is 22.0 Å². The van der Waals surface area contributed by atoms with Crippen molar-refractivity contribution in [1.29, 1.82) is 0 Å². The van der Waals surface area contributed by atoms with E-state index >= 15 is 0 Å². The lowest BCUT2D eigenvalue weighted by Gasteiger charge is -2.35. The van der Waals surface area contributed by atoms with Gasteiger partial charge in [-0.25, -0.2) is 15.0 Å². The number of benzene rings is 1. The van der Waals surface area contributed by atoms with Crippen molar-refractivity contribution >= 4 is 28.4 Å². The van der Waals surface area contributed by atoms with Crippen LogP contribution < -0.4 is 10.2 Å². The average molecular weight is 405 g/mol. The average Bonchev–Trinajstić information content (AvgIpc) is 2.79. The molecule has 7 heteroatoms. The van der Waals surface area contributed by atoms with Crippen molar-refractivity contribution in [2.75, 3.05) is 42.9 Å². The molecule has 1 amide bonds. The molecule has 1 N–H and O–H groups in total. The van der Waals surface area contributed by atoms with Crippen molar-refractivity contribution in [3.63, 3.8) is 0 Å². The van der Waals surface area contributed by atoms with E-state index in [1.807, 2.05) is 13.0 Å². The summed E-state index contributed by atoms with van der Waals surface area (Å²) in [7, 11) is 0. The van der Waals surface area contributed by atoms with Crippen molar-refractivity contribution in [2.24, 2.45) is 0 Å². The van der Waals surface area contributed by atoms with Gasteiger partial charge >= 0.3 is 0 Å². The summed E-state index contributed by atoms with van der Waals surface area (Å²) in [6.45, 7) is 9.28. The molecule has 7 nitrogen and oxygen atoms in total. The largest absolute Gasteiger partial charge is 0.354 e. The number of hydrogen-bond acceptors (Lipinski definition) is 6. The van der Waals surface area contributed by atoms with E-state index in [1.54, 1.807) is 12.4 Å². The van der Waals surface area contributed by atoms with Gasteiger partial charge in [0, 0.05) is 55.9 Å². The third-order valence-corrected chi connectivity index (χ3v) is 5.52. The highest BCUT2D eigenvalue weighted by Gasteiger charge is 2.20. The van der Waals surface area contributed by atoms with E-state index in [4.69, 9.17) is 4.98 Å². The van der Waals surface area contributed by atoms with E-state index in [2.05, 4.69) is 56.3 Å². The van der Waals surface area contributed by atoms with Gasteiger partial charge in [-0.1, -0.05) is 38.1 Å². The second-order valence-corrected chi connectivity index (χ2v) is 7.57. The standard InChI is InChI=1S/C23H28N6O/c1-3-7-21(30)27-23-24-15-18(16-25-23)20-14-17-8-5-6-9-19(17)22(26-20)29-12-10-28(4-2)11-13-29/h5-6,8-9,14-16H,3-4,7,10-13H2,1-2H3,(H,24,25,27,30). The van der Waals surface area contributed by atoms with E-state index in [0.717, 1.165) is 67.0 Å². The molecule has 0 saturated carbocycles. The van der Waals surface area contributed by atoms with Crippen LogP contribution in [0.5, 0.6) is 0 Å². The summed E-state index contributed by atoms with van der Waals surface area (Å²) >= 11 is 0. The Morgan fingerprint density at radius 1 is 1.07 bits per heavy atom. The van der Waals surface area contributed by atoms with Gasteiger partial charge in [0.1, 0.15) is 5.82 Å². The number of carbonyl (C=O) groups is 1. The van der Waals surface area contributed by atoms with Gasteiger partial charge in [-0.2, -0.15) is 0 Å². The molecule has 156 valence electrons. The molecule has 1 aliphatic heterocycles. The first kappa shape index (κ1) is 20.2. The van der Waals surface area contributed by atoms with E-state index in [1.165, 1.54) is 0 Å². The minimum absolute atomic E-state index is 0.0670. The predicted molar refractivity (Wildman–Crippen MR) is 121 cm³/mol. The number of aromatic nitrogens is 3. The van der Waals surface area contributed by atoms with Crippen molar-refractivity contribution in [1.82, 2.24) is 19.9 Å². The molecular weight excluding hydrogens is 376 g/mol. The van der Waals surface area contributed by atoms with Crippen molar-refractivity contribution in [3.05, 3.63) is 42.7 Å². The van der Waals surface area contributed by atoms with Gasteiger partial charge in [0.25, 0.3) is 0 Å². The Morgan fingerprint density at radius 2 is 1.80 bits per heavy atom. The fourth-order valence-corrected chi connectivity index (χ4v) is 3.78. The van der Waals surface area contributed by atoms with Crippen molar-refractivity contribution in [2.45, 2.75) is 26.7 Å². The van der Waals surface area contributed by atoms with Crippen LogP contribution in [0, 0.1) is 0 Å². The molecule has 0 spiro atoms. The number of nitrogens with zero attached hydrogens (tertiary/aromatic N) is 5. The Labute approximate surface area is 177 Å². The first-order valence-corrected chi connectivity index (χ1v) is 10.7. The minimum Gasteiger partial charge on any atom is -0.354 e. The molecule has 0 atom stereocenters. The normalized spacial score (nSPS) is 14.8. The molecule has 1 aliphatic rings. The van der Waals surface area contributed by atoms with Crippen molar-refractivity contribution < 1.29 is 4.79 Å². The first-order valence-electron chi connectivity index (χ1n) is 10.7. The van der Waals surface area contributed by atoms with E-state index < -0.39 is 0 Å². The summed E-state index contributed by atoms with van der Waals surface area (Å²) in [5.74, 6) is 1.27. The summed E-state index contributed by atoms with van der Waals surface area (Å²) in [5.41, 5.74) is 1.68. The lowest BCUT2D eigenvalue weighted by Crippen LogP contribution is -2.46. The number of fused-ring (bicyclic) bond motifs is 1. The topological polar surface area (TPSA) is 74.2 Å². The van der Waals surface area contributed by atoms with Crippen LogP contribution in [0.1, 0.15) is 26.7 Å². The zero-order valence-electron chi connectivity index (χ0n) is 17.6. The lowest BCUT2D eigenvalue weighted by molar-refractivity contribution is -0.116. The number of piperazine rings is 1. The van der Waals surface area contributed by atoms with Gasteiger partial charge in [0.15, 0.2) is 0 Å². The summed E-state index contributed by atoms with van der Waals surface area (Å²) in [6, 6.07) is 10.4. The number of rotatable bonds is 6. The van der Waals surface area contributed by atoms with Gasteiger partial charge in [0.2, 0.25) is 11.9 Å². The molecule has 0 bridgehead atoms. The van der Waals surface area contributed by atoms with Crippen LogP contribution in [-0.2, 0) is 4.79 Å². The van der Waals surface area contributed by atoms with E-state index in [9.17, 15) is 4.79 Å². The highest BCUT2D eigenvalue weighted by Crippen LogP contribution is 2.30. The SMILES string of the molecule is CCCC(=O)Nc1ncc(-c2cc3ccccc3c(N3CCN(CC)CC3)n2)cn1. The summed E-state index contributed by atoms with van der Waals surface area (Å²) < 4.78 is 0.